The summed E-state index contributed by atoms with van der Waals surface area (Å²) < 4.78 is 6.07. The average molecular weight is 411 g/mol. The number of amides is 1. The van der Waals surface area contributed by atoms with E-state index in [9.17, 15) is 4.79 Å². The predicted molar refractivity (Wildman–Crippen MR) is 127 cm³/mol. The Bertz CT molecular complexity index is 1070. The summed E-state index contributed by atoms with van der Waals surface area (Å²) in [4.78, 5) is 16.7. The van der Waals surface area contributed by atoms with Crippen molar-refractivity contribution in [2.24, 2.45) is 4.99 Å². The van der Waals surface area contributed by atoms with Crippen LogP contribution in [0.4, 0.5) is 5.69 Å². The molecule has 1 amide bonds. The summed E-state index contributed by atoms with van der Waals surface area (Å²) in [6.07, 6.45) is 7.29. The molecular formula is C27H26N2O2. The van der Waals surface area contributed by atoms with Gasteiger partial charge in [0, 0.05) is 23.9 Å². The van der Waals surface area contributed by atoms with Gasteiger partial charge in [0.15, 0.2) is 0 Å². The van der Waals surface area contributed by atoms with Gasteiger partial charge in [-0.3, -0.25) is 9.79 Å². The van der Waals surface area contributed by atoms with Crippen LogP contribution in [0.1, 0.15) is 29.5 Å². The molecule has 1 N–H and O–H groups in total. The van der Waals surface area contributed by atoms with Crippen molar-refractivity contribution in [1.29, 1.82) is 0 Å². The van der Waals surface area contributed by atoms with Crippen molar-refractivity contribution < 1.29 is 9.53 Å². The lowest BCUT2D eigenvalue weighted by Crippen LogP contribution is -2.14. The number of ether oxygens (including phenoxy) is 1. The number of carbonyl (C=O) groups is 1. The molecule has 0 spiro atoms. The minimum atomic E-state index is -0.0152. The minimum Gasteiger partial charge on any atom is -0.493 e. The number of anilines is 1. The number of para-hydroxylation sites is 1. The van der Waals surface area contributed by atoms with Crippen molar-refractivity contribution in [3.63, 3.8) is 0 Å². The summed E-state index contributed by atoms with van der Waals surface area (Å²) in [6, 6.07) is 25.7. The van der Waals surface area contributed by atoms with E-state index >= 15 is 0 Å². The molecule has 0 radical (unpaired) electrons. The van der Waals surface area contributed by atoms with E-state index in [-0.39, 0.29) is 5.91 Å². The first kappa shape index (κ1) is 20.6. The highest BCUT2D eigenvalue weighted by molar-refractivity contribution is 5.92. The summed E-state index contributed by atoms with van der Waals surface area (Å²) >= 11 is 0. The lowest BCUT2D eigenvalue weighted by atomic mass is 10.1. The van der Waals surface area contributed by atoms with Crippen LogP contribution in [0.3, 0.4) is 0 Å². The monoisotopic (exact) mass is 410 g/mol. The van der Waals surface area contributed by atoms with Gasteiger partial charge < -0.3 is 10.1 Å². The van der Waals surface area contributed by atoms with E-state index in [0.717, 1.165) is 53.1 Å². The fourth-order valence-electron chi connectivity index (χ4n) is 3.51. The number of rotatable bonds is 8. The lowest BCUT2D eigenvalue weighted by molar-refractivity contribution is -0.115. The second-order valence-corrected chi connectivity index (χ2v) is 7.48. The van der Waals surface area contributed by atoms with Gasteiger partial charge in [0.05, 0.1) is 18.7 Å². The number of carbonyl (C=O) groups excluding carboxylic acids is 1. The summed E-state index contributed by atoms with van der Waals surface area (Å²) in [5, 5.41) is 2.95. The second-order valence-electron chi connectivity index (χ2n) is 7.48. The van der Waals surface area contributed by atoms with Crippen molar-refractivity contribution in [3.8, 4) is 5.75 Å². The van der Waals surface area contributed by atoms with Crippen molar-refractivity contribution in [2.45, 2.75) is 25.7 Å². The minimum absolute atomic E-state index is 0.0152. The zero-order valence-electron chi connectivity index (χ0n) is 17.5. The maximum atomic E-state index is 12.2. The topological polar surface area (TPSA) is 50.7 Å². The SMILES string of the molecule is O=C(Cc1ccccc1)Nc1ccc(CCOc2ccccc2C2=CCCC=N2)cc1. The Labute approximate surface area is 183 Å². The number of hydrogen-bond acceptors (Lipinski definition) is 3. The van der Waals surface area contributed by atoms with Crippen LogP contribution in [-0.4, -0.2) is 18.7 Å². The molecule has 0 atom stereocenters. The molecule has 0 unspecified atom stereocenters. The molecule has 0 saturated carbocycles. The molecule has 4 nitrogen and oxygen atoms in total. The molecule has 3 aromatic rings. The van der Waals surface area contributed by atoms with Crippen LogP contribution in [0, 0.1) is 0 Å². The Morgan fingerprint density at radius 3 is 2.42 bits per heavy atom. The van der Waals surface area contributed by atoms with E-state index in [2.05, 4.69) is 22.5 Å². The van der Waals surface area contributed by atoms with Crippen LogP contribution < -0.4 is 10.1 Å². The molecule has 0 aromatic heterocycles. The van der Waals surface area contributed by atoms with E-state index in [4.69, 9.17) is 4.74 Å². The molecule has 31 heavy (non-hydrogen) atoms. The summed E-state index contributed by atoms with van der Waals surface area (Å²) in [5.74, 6) is 0.844. The van der Waals surface area contributed by atoms with Gasteiger partial charge in [0.2, 0.25) is 5.91 Å². The molecular weight excluding hydrogens is 384 g/mol. The number of aliphatic imine (C=N–C) groups is 1. The molecule has 1 aliphatic rings. The number of benzene rings is 3. The highest BCUT2D eigenvalue weighted by Gasteiger charge is 2.09. The van der Waals surface area contributed by atoms with Crippen LogP contribution >= 0.6 is 0 Å². The zero-order chi connectivity index (χ0) is 21.3. The Kier molecular flexibility index (Phi) is 6.91. The van der Waals surface area contributed by atoms with Gasteiger partial charge in [-0.25, -0.2) is 0 Å². The zero-order valence-corrected chi connectivity index (χ0v) is 17.5. The molecule has 3 aromatic carbocycles. The normalized spacial score (nSPS) is 12.8. The molecule has 156 valence electrons. The largest absolute Gasteiger partial charge is 0.493 e. The molecule has 1 heterocycles. The van der Waals surface area contributed by atoms with E-state index in [1.165, 1.54) is 0 Å². The Morgan fingerprint density at radius 1 is 0.871 bits per heavy atom. The number of nitrogens with zero attached hydrogens (tertiary/aromatic N) is 1. The average Bonchev–Trinajstić information content (AvgIpc) is 2.82. The van der Waals surface area contributed by atoms with Gasteiger partial charge in [-0.05, 0) is 48.2 Å². The lowest BCUT2D eigenvalue weighted by Gasteiger charge is -2.13. The predicted octanol–water partition coefficient (Wildman–Crippen LogP) is 5.69. The van der Waals surface area contributed by atoms with Crippen LogP contribution in [0.2, 0.25) is 0 Å². The van der Waals surface area contributed by atoms with Gasteiger partial charge in [-0.1, -0.05) is 60.7 Å². The maximum Gasteiger partial charge on any atom is 0.228 e. The fraction of sp³-hybridized carbons (Fsp3) is 0.185. The first-order valence-corrected chi connectivity index (χ1v) is 10.7. The summed E-state index contributed by atoms with van der Waals surface area (Å²) in [6.45, 7) is 0.577. The van der Waals surface area contributed by atoms with E-state index in [0.29, 0.717) is 13.0 Å². The third kappa shape index (κ3) is 5.92. The van der Waals surface area contributed by atoms with Crippen molar-refractivity contribution in [2.75, 3.05) is 11.9 Å². The first-order chi connectivity index (χ1) is 15.3. The van der Waals surface area contributed by atoms with E-state index in [1.807, 2.05) is 79.0 Å². The summed E-state index contributed by atoms with van der Waals surface area (Å²) in [5.41, 5.74) is 4.99. The van der Waals surface area contributed by atoms with Crippen LogP contribution in [0.25, 0.3) is 5.70 Å². The van der Waals surface area contributed by atoms with Gasteiger partial charge in [-0.15, -0.1) is 0 Å². The highest BCUT2D eigenvalue weighted by atomic mass is 16.5. The van der Waals surface area contributed by atoms with Crippen molar-refractivity contribution >= 4 is 23.5 Å². The Hall–Kier alpha value is -3.66. The molecule has 0 saturated heterocycles. The maximum absolute atomic E-state index is 12.2. The molecule has 4 rings (SSSR count). The highest BCUT2D eigenvalue weighted by Crippen LogP contribution is 2.28. The van der Waals surface area contributed by atoms with E-state index < -0.39 is 0 Å². The van der Waals surface area contributed by atoms with Gasteiger partial charge in [0.1, 0.15) is 5.75 Å². The van der Waals surface area contributed by atoms with Gasteiger partial charge in [0.25, 0.3) is 0 Å². The first-order valence-electron chi connectivity index (χ1n) is 10.7. The molecule has 0 fully saturated rings. The molecule has 1 aliphatic heterocycles. The third-order valence-electron chi connectivity index (χ3n) is 5.12. The Balaban J connectivity index is 1.29. The van der Waals surface area contributed by atoms with Crippen LogP contribution in [-0.2, 0) is 17.6 Å². The van der Waals surface area contributed by atoms with Crippen LogP contribution in [0.5, 0.6) is 5.75 Å². The van der Waals surface area contributed by atoms with Crippen LogP contribution in [0.15, 0.2) is 89.9 Å². The van der Waals surface area contributed by atoms with Gasteiger partial charge in [-0.2, -0.15) is 0 Å². The standard InChI is InChI=1S/C27H26N2O2/c30-27(20-22-8-2-1-3-9-22)29-23-15-13-21(14-16-23)17-19-31-26-12-5-4-10-24(26)25-11-6-7-18-28-25/h1-5,8-16,18H,6-7,17,19-20H2,(H,29,30). The van der Waals surface area contributed by atoms with Gasteiger partial charge >= 0.3 is 0 Å². The van der Waals surface area contributed by atoms with Crippen molar-refractivity contribution in [3.05, 3.63) is 102 Å². The number of allylic oxidation sites excluding steroid dienone is 1. The quantitative estimate of drug-likeness (QED) is 0.518. The Morgan fingerprint density at radius 2 is 1.65 bits per heavy atom. The second kappa shape index (κ2) is 10.4. The smallest absolute Gasteiger partial charge is 0.228 e. The third-order valence-corrected chi connectivity index (χ3v) is 5.12. The van der Waals surface area contributed by atoms with Crippen molar-refractivity contribution in [1.82, 2.24) is 0 Å². The molecule has 4 heteroatoms. The summed E-state index contributed by atoms with van der Waals surface area (Å²) in [7, 11) is 0. The molecule has 0 aliphatic carbocycles. The number of nitrogens with one attached hydrogen (secondary N) is 1. The molecule has 0 bridgehead atoms. The fourth-order valence-corrected chi connectivity index (χ4v) is 3.51. The van der Waals surface area contributed by atoms with E-state index in [1.54, 1.807) is 0 Å². The number of hydrogen-bond donors (Lipinski definition) is 1.